The van der Waals surface area contributed by atoms with Crippen LogP contribution in [0.2, 0.25) is 0 Å². The molecule has 59 heavy (non-hydrogen) atoms. The Morgan fingerprint density at radius 3 is 0.814 bits per heavy atom. The van der Waals surface area contributed by atoms with Crippen LogP contribution in [-0.4, -0.2) is 30.2 Å². The first kappa shape index (κ1) is 46.3. The van der Waals surface area contributed by atoms with E-state index in [0.29, 0.717) is 5.75 Å². The summed E-state index contributed by atoms with van der Waals surface area (Å²) in [5.41, 5.74) is -14.4. The van der Waals surface area contributed by atoms with Crippen LogP contribution < -0.4 is 21.9 Å². The maximum atomic E-state index is 15.4. The quantitative estimate of drug-likeness (QED) is 0.0407. The Bertz CT molecular complexity index is 2180. The van der Waals surface area contributed by atoms with Gasteiger partial charge in [-0.2, -0.15) is 0 Å². The molecule has 0 radical (unpaired) electrons. The average molecular weight is 896 g/mol. The molecule has 0 heterocycles. The highest BCUT2D eigenvalue weighted by atomic mass is 32.2. The van der Waals surface area contributed by atoms with Gasteiger partial charge < -0.3 is 0 Å². The van der Waals surface area contributed by atoms with E-state index in [1.807, 2.05) is 12.5 Å². The third-order valence-corrected chi connectivity index (χ3v) is 9.20. The molecule has 0 saturated heterocycles. The molecule has 0 fully saturated rings. The number of halogens is 22. The van der Waals surface area contributed by atoms with Crippen LogP contribution in [0.4, 0.5) is 96.6 Å². The Labute approximate surface area is 316 Å². The van der Waals surface area contributed by atoms with Gasteiger partial charge in [-0.25, -0.2) is 96.6 Å². The van der Waals surface area contributed by atoms with Gasteiger partial charge in [-0.05, 0) is 23.0 Å². The van der Waals surface area contributed by atoms with Crippen molar-refractivity contribution in [1.82, 2.24) is 0 Å². The van der Waals surface area contributed by atoms with Crippen LogP contribution in [0.1, 0.15) is 10.4 Å². The fourth-order valence-electron chi connectivity index (χ4n) is 5.93. The second kappa shape index (κ2) is 16.7. The summed E-state index contributed by atoms with van der Waals surface area (Å²) in [5.74, 6) is -72.8. The summed E-state index contributed by atoms with van der Waals surface area (Å²) in [4.78, 5) is 11.4. The predicted molar refractivity (Wildman–Crippen MR) is 164 cm³/mol. The van der Waals surface area contributed by atoms with Gasteiger partial charge in [0, 0.05) is 6.07 Å². The molecule has 5 aromatic carbocycles. The van der Waals surface area contributed by atoms with Crippen molar-refractivity contribution in [3.05, 3.63) is 152 Å². The van der Waals surface area contributed by atoms with E-state index < -0.39 is 156 Å². The molecule has 0 aromatic heterocycles. The Hall–Kier alpha value is -5.36. The first-order valence-electron chi connectivity index (χ1n) is 15.0. The molecule has 1 nitrogen and oxygen atoms in total. The van der Waals surface area contributed by atoms with E-state index in [2.05, 4.69) is 0 Å². The number of hydrogen-bond acceptors (Lipinski definition) is 1. The highest BCUT2D eigenvalue weighted by molar-refractivity contribution is 7.96. The Kier molecular flexibility index (Phi) is 13.1. The van der Waals surface area contributed by atoms with Crippen LogP contribution >= 0.6 is 0 Å². The van der Waals surface area contributed by atoms with Gasteiger partial charge in [-0.3, -0.25) is 4.79 Å². The second-order valence-electron chi connectivity index (χ2n) is 12.0. The highest BCUT2D eigenvalue weighted by Crippen LogP contribution is 2.30. The van der Waals surface area contributed by atoms with Crippen molar-refractivity contribution in [2.75, 3.05) is 18.3 Å². The maximum absolute atomic E-state index is 15.4. The Morgan fingerprint density at radius 2 is 0.610 bits per heavy atom. The fraction of sp³-hybridized carbons (Fsp3) is 0.0882. The van der Waals surface area contributed by atoms with Gasteiger partial charge >= 0.3 is 0 Å². The molecule has 5 aromatic rings. The molecule has 5 rings (SSSR count). The van der Waals surface area contributed by atoms with Gasteiger partial charge in [-0.15, -0.1) is 21.9 Å². The lowest BCUT2D eigenvalue weighted by Gasteiger charge is -2.44. The van der Waals surface area contributed by atoms with Crippen molar-refractivity contribution in [1.29, 1.82) is 0 Å². The molecule has 0 aliphatic heterocycles. The molecule has 0 aliphatic rings. The zero-order valence-electron chi connectivity index (χ0n) is 28.1. The smallest absolute Gasteiger partial charge is 0.214 e. The monoisotopic (exact) mass is 896 g/mol. The summed E-state index contributed by atoms with van der Waals surface area (Å²) in [6, 6.07) is 3.02. The Morgan fingerprint density at radius 1 is 0.390 bits per heavy atom. The molecule has 0 aliphatic carbocycles. The van der Waals surface area contributed by atoms with Gasteiger partial charge in [-0.1, -0.05) is 0 Å². The number of rotatable bonds is 7. The number of ketones is 1. The normalized spacial score (nSPS) is 11.7. The van der Waals surface area contributed by atoms with Crippen molar-refractivity contribution < 1.29 is 101 Å². The van der Waals surface area contributed by atoms with E-state index in [4.69, 9.17) is 0 Å². The minimum atomic E-state index is -7.22. The van der Waals surface area contributed by atoms with Crippen LogP contribution in [0.25, 0.3) is 0 Å². The summed E-state index contributed by atoms with van der Waals surface area (Å²) < 4.78 is 320. The van der Waals surface area contributed by atoms with E-state index in [0.717, 1.165) is 12.1 Å². The predicted octanol–water partition coefficient (Wildman–Crippen LogP) is 7.87. The largest absolute Gasteiger partial charge is 0.289 e. The summed E-state index contributed by atoms with van der Waals surface area (Å²) in [6.45, 7) is 0. The number of carbonyl (C=O) groups excluding carboxylic acids is 1. The molecule has 0 unspecified atom stereocenters. The van der Waals surface area contributed by atoms with E-state index in [-0.39, 0.29) is 22.2 Å². The Balaban J connectivity index is 0.000000464. The third-order valence-electron chi connectivity index (χ3n) is 8.36. The van der Waals surface area contributed by atoms with Crippen LogP contribution in [-0.2, 0) is 10.9 Å². The van der Waals surface area contributed by atoms with E-state index in [9.17, 15) is 66.3 Å². The number of benzene rings is 5. The number of carbonyl (C=O) groups is 1. The summed E-state index contributed by atoms with van der Waals surface area (Å²) >= 11 is 0. The van der Waals surface area contributed by atoms with Crippen LogP contribution in [0, 0.1) is 128 Å². The first-order chi connectivity index (χ1) is 27.2. The molecule has 25 heteroatoms. The van der Waals surface area contributed by atoms with Crippen LogP contribution in [0.5, 0.6) is 0 Å². The number of hydrogen-bond donors (Lipinski definition) is 0. The third kappa shape index (κ3) is 7.34. The standard InChI is InChI=1S/C24BF20.C10H11F2OS/c26-5-1(6(27)14(35)21(42)13(5)34)25(2-7(28)15(36)22(43)16(37)8(2)29,3-9(30)17(38)23(44)18(39)10(3)31)4-11(32)19(40)24(45)20(41)12(4)33;1-14(2)6-10(13)8-4-3-7(11)5-9(8)12/h;3-5H,6H2,1-2H3/q-1;+1. The number of Topliss-reactive ketones (excluding diaryl/α,β-unsaturated/α-hetero) is 1. The molecule has 0 spiro atoms. The van der Waals surface area contributed by atoms with E-state index >= 15 is 35.1 Å². The minimum Gasteiger partial charge on any atom is -0.289 e. The van der Waals surface area contributed by atoms with Gasteiger partial charge in [0.05, 0.1) is 18.1 Å². The highest BCUT2D eigenvalue weighted by Gasteiger charge is 2.52. The molecular weight excluding hydrogens is 885 g/mol. The lowest BCUT2D eigenvalue weighted by molar-refractivity contribution is 0.101. The van der Waals surface area contributed by atoms with Crippen LogP contribution in [0.15, 0.2) is 18.2 Å². The van der Waals surface area contributed by atoms with Crippen molar-refractivity contribution in [2.45, 2.75) is 0 Å². The van der Waals surface area contributed by atoms with Crippen molar-refractivity contribution in [3.8, 4) is 0 Å². The maximum Gasteiger partial charge on any atom is 0.214 e. The molecule has 0 amide bonds. The van der Waals surface area contributed by atoms with Gasteiger partial charge in [0.1, 0.15) is 64.3 Å². The van der Waals surface area contributed by atoms with Gasteiger partial charge in [0.15, 0.2) is 75.6 Å². The van der Waals surface area contributed by atoms with E-state index in [1.54, 1.807) is 0 Å². The molecule has 0 saturated carbocycles. The fourth-order valence-corrected chi connectivity index (χ4v) is 6.61. The molecule has 0 bridgehead atoms. The minimum absolute atomic E-state index is 0.0207. The average Bonchev–Trinajstić information content (AvgIpc) is 3.17. The van der Waals surface area contributed by atoms with Gasteiger partial charge in [0.25, 0.3) is 0 Å². The van der Waals surface area contributed by atoms with Crippen molar-refractivity contribution in [2.24, 2.45) is 0 Å². The molecule has 0 N–H and O–H groups in total. The zero-order chi connectivity index (χ0) is 45.1. The summed E-state index contributed by atoms with van der Waals surface area (Å²) in [5, 5.41) is 0. The van der Waals surface area contributed by atoms with Gasteiger partial charge in [0.2, 0.25) is 5.78 Å². The SMILES string of the molecule is C[S+](C)CC(=O)c1ccc(F)cc1F.Fc1c(F)c(F)c([B-](c2c(F)c(F)c(F)c(F)c2F)(c2c(F)c(F)c(F)c(F)c2F)c2c(F)c(F)c(F)c(F)c2F)c(F)c1F. The summed E-state index contributed by atoms with van der Waals surface area (Å²) in [6.07, 6.45) is -3.41. The first-order valence-corrected chi connectivity index (χ1v) is 17.2. The van der Waals surface area contributed by atoms with Crippen molar-refractivity contribution >= 4 is 44.7 Å². The van der Waals surface area contributed by atoms with E-state index in [1.165, 1.54) is 6.07 Å². The topological polar surface area (TPSA) is 17.1 Å². The molecule has 316 valence electrons. The lowest BCUT2D eigenvalue weighted by atomic mass is 9.12. The molecule has 0 atom stereocenters. The molecular formula is C34H11BF22OS. The summed E-state index contributed by atoms with van der Waals surface area (Å²) in [7, 11) is -0.0697. The lowest BCUT2D eigenvalue weighted by Crippen LogP contribution is -2.81. The second-order valence-corrected chi connectivity index (χ2v) is 14.2. The van der Waals surface area contributed by atoms with Crippen molar-refractivity contribution in [3.63, 3.8) is 0 Å². The van der Waals surface area contributed by atoms with Crippen LogP contribution in [0.3, 0.4) is 0 Å². The zero-order valence-corrected chi connectivity index (χ0v) is 29.0.